The number of hydrogen-bond donors (Lipinski definition) is 1. The Hall–Kier alpha value is -1.95. The molecule has 2 aromatic rings. The second kappa shape index (κ2) is 7.08. The molecule has 1 N–H and O–H groups in total. The Kier molecular flexibility index (Phi) is 4.91. The van der Waals surface area contributed by atoms with E-state index in [0.717, 1.165) is 0 Å². The largest absolute Gasteiger partial charge is 0.465 e. The minimum absolute atomic E-state index is 0.203. The van der Waals surface area contributed by atoms with Gasteiger partial charge in [-0.2, -0.15) is 0 Å². The number of amidine groups is 1. The number of carbonyl (C=O) groups is 1. The molecule has 1 aromatic heterocycles. The van der Waals surface area contributed by atoms with Crippen LogP contribution in [0.3, 0.4) is 0 Å². The first-order valence-electron chi connectivity index (χ1n) is 6.56. The molecule has 7 heteroatoms. The van der Waals surface area contributed by atoms with E-state index in [1.807, 2.05) is 6.07 Å². The molecule has 0 saturated carbocycles. The van der Waals surface area contributed by atoms with Crippen molar-refractivity contribution in [2.45, 2.75) is 0 Å². The topological polar surface area (TPSA) is 54.6 Å². The first kappa shape index (κ1) is 15.9. The maximum absolute atomic E-state index is 11.9. The number of halogens is 2. The number of carbonyl (C=O) groups excluding carboxylic acids is 1. The third-order valence-electron chi connectivity index (χ3n) is 2.78. The number of nitrogens with zero attached hydrogens (tertiary/aromatic N) is 1. The molecule has 1 saturated heterocycles. The molecule has 0 unspecified atom stereocenters. The highest BCUT2D eigenvalue weighted by atomic mass is 35.5. The number of nitrogens with one attached hydrogen (secondary N) is 1. The molecule has 0 radical (unpaired) electrons. The van der Waals surface area contributed by atoms with E-state index in [4.69, 9.17) is 27.6 Å². The van der Waals surface area contributed by atoms with Gasteiger partial charge < -0.3 is 9.73 Å². The van der Waals surface area contributed by atoms with Gasteiger partial charge in [0.05, 0.1) is 16.9 Å². The summed E-state index contributed by atoms with van der Waals surface area (Å²) in [4.78, 5) is 16.8. The number of aliphatic imine (C=N–C) groups is 1. The fourth-order valence-electron chi connectivity index (χ4n) is 1.83. The molecule has 0 atom stereocenters. The van der Waals surface area contributed by atoms with Crippen molar-refractivity contribution in [2.75, 3.05) is 0 Å². The molecule has 0 aliphatic carbocycles. The summed E-state index contributed by atoms with van der Waals surface area (Å²) in [6.07, 6.45) is 6.81. The lowest BCUT2D eigenvalue weighted by atomic mass is 10.3. The van der Waals surface area contributed by atoms with Crippen LogP contribution >= 0.6 is 35.0 Å². The summed E-state index contributed by atoms with van der Waals surface area (Å²) in [6.45, 7) is 0. The third kappa shape index (κ3) is 4.28. The Bertz CT molecular complexity index is 806. The van der Waals surface area contributed by atoms with Crippen LogP contribution in [0.4, 0.5) is 5.69 Å². The highest BCUT2D eigenvalue weighted by Gasteiger charge is 2.23. The number of allylic oxidation sites excluding steroid dienone is 2. The lowest BCUT2D eigenvalue weighted by Crippen LogP contribution is -2.19. The smallest absolute Gasteiger partial charge is 0.264 e. The van der Waals surface area contributed by atoms with Gasteiger partial charge in [0.1, 0.15) is 5.76 Å². The highest BCUT2D eigenvalue weighted by molar-refractivity contribution is 8.18. The number of thioether (sulfide) groups is 1. The van der Waals surface area contributed by atoms with Gasteiger partial charge in [0.25, 0.3) is 5.91 Å². The quantitative estimate of drug-likeness (QED) is 0.776. The summed E-state index contributed by atoms with van der Waals surface area (Å²) in [5, 5.41) is 4.15. The monoisotopic (exact) mass is 364 g/mol. The minimum atomic E-state index is -0.203. The summed E-state index contributed by atoms with van der Waals surface area (Å²) >= 11 is 13.1. The molecule has 0 spiro atoms. The van der Waals surface area contributed by atoms with Crippen LogP contribution < -0.4 is 5.32 Å². The van der Waals surface area contributed by atoms with Crippen LogP contribution in [0.1, 0.15) is 5.76 Å². The van der Waals surface area contributed by atoms with E-state index in [-0.39, 0.29) is 5.91 Å². The molecule has 1 aliphatic heterocycles. The van der Waals surface area contributed by atoms with Crippen molar-refractivity contribution in [3.05, 3.63) is 69.5 Å². The average molecular weight is 365 g/mol. The van der Waals surface area contributed by atoms with Gasteiger partial charge in [0.2, 0.25) is 0 Å². The van der Waals surface area contributed by atoms with Gasteiger partial charge in [0.15, 0.2) is 5.17 Å². The van der Waals surface area contributed by atoms with Gasteiger partial charge in [-0.3, -0.25) is 4.79 Å². The van der Waals surface area contributed by atoms with E-state index in [9.17, 15) is 4.79 Å². The van der Waals surface area contributed by atoms with Crippen LogP contribution in [-0.4, -0.2) is 11.1 Å². The summed E-state index contributed by atoms with van der Waals surface area (Å²) in [6, 6.07) is 8.59. The summed E-state index contributed by atoms with van der Waals surface area (Å²) in [7, 11) is 0. The lowest BCUT2D eigenvalue weighted by Gasteiger charge is -1.98. The molecule has 2 heterocycles. The van der Waals surface area contributed by atoms with Crippen molar-refractivity contribution >= 4 is 57.8 Å². The summed E-state index contributed by atoms with van der Waals surface area (Å²) in [5.74, 6) is 0.513. The van der Waals surface area contributed by atoms with Crippen LogP contribution in [0.2, 0.25) is 10.0 Å². The standard InChI is InChI=1S/C16H10Cl2N2O2S/c17-10-7-11(18)9-12(8-10)19-16-20-15(21)14(23-16)5-1-3-13-4-2-6-22-13/h1-9H,(H,19,20,21)/b3-1+,14-5+. The molecular formula is C16H10Cl2N2O2S. The zero-order valence-electron chi connectivity index (χ0n) is 11.6. The normalized spacial score (nSPS) is 18.3. The zero-order chi connectivity index (χ0) is 16.2. The van der Waals surface area contributed by atoms with Crippen molar-refractivity contribution in [1.29, 1.82) is 0 Å². The van der Waals surface area contributed by atoms with E-state index < -0.39 is 0 Å². The highest BCUT2D eigenvalue weighted by Crippen LogP contribution is 2.29. The van der Waals surface area contributed by atoms with Gasteiger partial charge >= 0.3 is 0 Å². The molecule has 3 rings (SSSR count). The van der Waals surface area contributed by atoms with Crippen molar-refractivity contribution < 1.29 is 9.21 Å². The van der Waals surface area contributed by atoms with Crippen LogP contribution in [0.25, 0.3) is 6.08 Å². The predicted molar refractivity (Wildman–Crippen MR) is 95.1 cm³/mol. The Morgan fingerprint density at radius 1 is 1.22 bits per heavy atom. The molecule has 1 amide bonds. The van der Waals surface area contributed by atoms with Crippen LogP contribution in [0.5, 0.6) is 0 Å². The minimum Gasteiger partial charge on any atom is -0.465 e. The van der Waals surface area contributed by atoms with E-state index >= 15 is 0 Å². The Balaban J connectivity index is 1.75. The van der Waals surface area contributed by atoms with E-state index in [0.29, 0.717) is 31.6 Å². The number of hydrogen-bond acceptors (Lipinski definition) is 4. The number of amides is 1. The zero-order valence-corrected chi connectivity index (χ0v) is 14.0. The Morgan fingerprint density at radius 3 is 2.70 bits per heavy atom. The van der Waals surface area contributed by atoms with Crippen LogP contribution in [0, 0.1) is 0 Å². The molecule has 116 valence electrons. The van der Waals surface area contributed by atoms with Gasteiger partial charge in [-0.05, 0) is 54.2 Å². The summed E-state index contributed by atoms with van der Waals surface area (Å²) < 4.78 is 5.18. The maximum Gasteiger partial charge on any atom is 0.264 e. The van der Waals surface area contributed by atoms with Crippen molar-refractivity contribution in [3.8, 4) is 0 Å². The van der Waals surface area contributed by atoms with Gasteiger partial charge in [-0.1, -0.05) is 29.3 Å². The fraction of sp³-hybridized carbons (Fsp3) is 0. The Labute approximate surface area is 146 Å². The number of rotatable bonds is 3. The van der Waals surface area contributed by atoms with E-state index in [2.05, 4.69) is 10.3 Å². The van der Waals surface area contributed by atoms with E-state index in [1.165, 1.54) is 11.8 Å². The molecule has 4 nitrogen and oxygen atoms in total. The van der Waals surface area contributed by atoms with Crippen LogP contribution in [0.15, 0.2) is 63.1 Å². The summed E-state index contributed by atoms with van der Waals surface area (Å²) in [5.41, 5.74) is 0.581. The molecule has 1 aromatic carbocycles. The van der Waals surface area contributed by atoms with Crippen molar-refractivity contribution in [3.63, 3.8) is 0 Å². The second-order valence-electron chi connectivity index (χ2n) is 4.51. The molecule has 0 bridgehead atoms. The molecule has 23 heavy (non-hydrogen) atoms. The van der Waals surface area contributed by atoms with Gasteiger partial charge in [-0.25, -0.2) is 4.99 Å². The molecule has 1 aliphatic rings. The average Bonchev–Trinajstić information content (AvgIpc) is 3.08. The maximum atomic E-state index is 11.9. The Morgan fingerprint density at radius 2 is 2.00 bits per heavy atom. The predicted octanol–water partition coefficient (Wildman–Crippen LogP) is 5.03. The third-order valence-corrected chi connectivity index (χ3v) is 4.14. The van der Waals surface area contributed by atoms with Crippen LogP contribution in [-0.2, 0) is 4.79 Å². The second-order valence-corrected chi connectivity index (χ2v) is 6.41. The molecule has 1 fully saturated rings. The van der Waals surface area contributed by atoms with Crippen molar-refractivity contribution in [2.24, 2.45) is 4.99 Å². The molecular weight excluding hydrogens is 355 g/mol. The lowest BCUT2D eigenvalue weighted by molar-refractivity contribution is -0.115. The van der Waals surface area contributed by atoms with Gasteiger partial charge in [0, 0.05) is 10.0 Å². The first-order chi connectivity index (χ1) is 11.1. The van der Waals surface area contributed by atoms with Crippen molar-refractivity contribution in [1.82, 2.24) is 5.32 Å². The SMILES string of the molecule is O=C1NC(=Nc2cc(Cl)cc(Cl)c2)S/C1=C/C=C/c1ccco1. The fourth-order valence-corrected chi connectivity index (χ4v) is 3.14. The number of furan rings is 1. The number of benzene rings is 1. The van der Waals surface area contributed by atoms with Gasteiger partial charge in [-0.15, -0.1) is 0 Å². The van der Waals surface area contributed by atoms with E-state index in [1.54, 1.807) is 48.8 Å². The first-order valence-corrected chi connectivity index (χ1v) is 8.13.